The topological polar surface area (TPSA) is 127 Å². The standard InChI is InChI=1S/C33H36N4O4.C4H8OS/c1-9-20-17(4)24-13-23-16(3)11-27(34-23)22(12-30(38)40-7)32-31(33(39)41-8)19(6)26(37-32)15-29-21(10-2)18(5)25(36-29)14-28(20)35-24;1-3-4(5)6-2/h9,13-16,35-36H,1,10-12H2,2-8H3;3H2,1-2H3. The zero-order chi connectivity index (χ0) is 34.6. The van der Waals surface area contributed by atoms with Gasteiger partial charge in [-0.15, -0.1) is 0 Å². The number of H-pyrrole nitrogens is 2. The molecule has 0 aromatic carbocycles. The van der Waals surface area contributed by atoms with Crippen LogP contribution in [0.5, 0.6) is 0 Å². The van der Waals surface area contributed by atoms with Gasteiger partial charge in [-0.2, -0.15) is 0 Å². The van der Waals surface area contributed by atoms with Crippen LogP contribution in [0.4, 0.5) is 0 Å². The summed E-state index contributed by atoms with van der Waals surface area (Å²) < 4.78 is 10.2. The Labute approximate surface area is 280 Å². The molecule has 0 fully saturated rings. The molecule has 2 aliphatic rings. The number of aryl methyl sites for hydroxylation is 3. The lowest BCUT2D eigenvalue weighted by molar-refractivity contribution is -0.140. The summed E-state index contributed by atoms with van der Waals surface area (Å²) in [5, 5.41) is 0.259. The Morgan fingerprint density at radius 2 is 1.64 bits per heavy atom. The largest absolute Gasteiger partial charge is 0.469 e. The number of aromatic amines is 2. The molecule has 5 heterocycles. The van der Waals surface area contributed by atoms with Crippen LogP contribution in [0.25, 0.3) is 39.3 Å². The van der Waals surface area contributed by atoms with Gasteiger partial charge < -0.3 is 19.4 Å². The van der Waals surface area contributed by atoms with Crippen LogP contribution >= 0.6 is 11.8 Å². The number of esters is 2. The van der Waals surface area contributed by atoms with E-state index in [0.29, 0.717) is 46.6 Å². The molecule has 1 unspecified atom stereocenters. The highest BCUT2D eigenvalue weighted by Gasteiger charge is 2.30. The van der Waals surface area contributed by atoms with E-state index in [2.05, 4.69) is 56.4 Å². The summed E-state index contributed by atoms with van der Waals surface area (Å²) in [4.78, 5) is 53.1. The van der Waals surface area contributed by atoms with Gasteiger partial charge in [0, 0.05) is 56.9 Å². The minimum absolute atomic E-state index is 0.0670. The van der Waals surface area contributed by atoms with Crippen LogP contribution in [0.3, 0.4) is 0 Å². The first kappa shape index (κ1) is 35.4. The number of allylic oxidation sites excluding steroid dienone is 1. The number of rotatable bonds is 6. The maximum Gasteiger partial charge on any atom is 0.340 e. The molecule has 3 aromatic rings. The molecule has 0 saturated heterocycles. The Bertz CT molecular complexity index is 1940. The highest BCUT2D eigenvalue weighted by atomic mass is 32.2. The number of nitrogens with one attached hydrogen (secondary N) is 2. The second kappa shape index (κ2) is 15.0. The number of carbonyl (C=O) groups excluding carboxylic acids is 3. The molecule has 2 aliphatic heterocycles. The highest BCUT2D eigenvalue weighted by molar-refractivity contribution is 8.13. The van der Waals surface area contributed by atoms with Gasteiger partial charge in [-0.3, -0.25) is 14.6 Å². The van der Waals surface area contributed by atoms with Crippen LogP contribution in [0.15, 0.2) is 24.8 Å². The van der Waals surface area contributed by atoms with E-state index in [1.165, 1.54) is 26.0 Å². The van der Waals surface area contributed by atoms with Gasteiger partial charge in [0.15, 0.2) is 5.12 Å². The zero-order valence-corrected chi connectivity index (χ0v) is 29.6. The van der Waals surface area contributed by atoms with Crippen molar-refractivity contribution >= 4 is 68.1 Å². The number of methoxy groups -OCH3 is 2. The average Bonchev–Trinajstić information content (AvgIpc) is 3.77. The van der Waals surface area contributed by atoms with Crippen LogP contribution in [-0.2, 0) is 43.1 Å². The Balaban J connectivity index is 0.000000762. The van der Waals surface area contributed by atoms with Crippen LogP contribution in [-0.4, -0.2) is 57.5 Å². The molecule has 2 N–H and O–H groups in total. The van der Waals surface area contributed by atoms with Crippen molar-refractivity contribution in [2.24, 2.45) is 0 Å². The molecule has 1 atom stereocenters. The summed E-state index contributed by atoms with van der Waals surface area (Å²) in [7, 11) is 2.70. The van der Waals surface area contributed by atoms with E-state index in [4.69, 9.17) is 19.4 Å². The number of thioether (sulfide) groups is 1. The van der Waals surface area contributed by atoms with E-state index < -0.39 is 11.9 Å². The normalized spacial score (nSPS) is 13.9. The first-order chi connectivity index (χ1) is 22.4. The predicted molar refractivity (Wildman–Crippen MR) is 191 cm³/mol. The minimum Gasteiger partial charge on any atom is -0.469 e. The summed E-state index contributed by atoms with van der Waals surface area (Å²) in [6.45, 7) is 16.2. The third-order valence-corrected chi connectivity index (χ3v) is 9.57. The van der Waals surface area contributed by atoms with Crippen molar-refractivity contribution in [3.05, 3.63) is 75.4 Å². The van der Waals surface area contributed by atoms with E-state index in [1.54, 1.807) is 6.26 Å². The van der Waals surface area contributed by atoms with Gasteiger partial charge in [0.2, 0.25) is 0 Å². The van der Waals surface area contributed by atoms with Gasteiger partial charge in [0.1, 0.15) is 0 Å². The lowest BCUT2D eigenvalue weighted by Gasteiger charge is -2.09. The van der Waals surface area contributed by atoms with E-state index in [1.807, 2.05) is 26.0 Å². The van der Waals surface area contributed by atoms with Crippen molar-refractivity contribution in [3.8, 4) is 0 Å². The molecular weight excluding hydrogens is 612 g/mol. The monoisotopic (exact) mass is 656 g/mol. The summed E-state index contributed by atoms with van der Waals surface area (Å²) >= 11 is 1.29. The Morgan fingerprint density at radius 3 is 2.21 bits per heavy atom. The number of hydrogen-bond acceptors (Lipinski definition) is 8. The molecule has 10 heteroatoms. The van der Waals surface area contributed by atoms with Gasteiger partial charge in [-0.05, 0) is 80.3 Å². The highest BCUT2D eigenvalue weighted by Crippen LogP contribution is 2.36. The van der Waals surface area contributed by atoms with E-state index in [-0.39, 0.29) is 17.5 Å². The van der Waals surface area contributed by atoms with Crippen molar-refractivity contribution in [2.75, 3.05) is 20.5 Å². The van der Waals surface area contributed by atoms with Crippen molar-refractivity contribution in [1.29, 1.82) is 0 Å². The van der Waals surface area contributed by atoms with Crippen molar-refractivity contribution in [2.45, 2.75) is 73.1 Å². The molecule has 3 aromatic heterocycles. The zero-order valence-electron chi connectivity index (χ0n) is 28.8. The van der Waals surface area contributed by atoms with E-state index in [0.717, 1.165) is 56.4 Å². The Hall–Kier alpha value is -4.44. The molecule has 8 bridgehead atoms. The van der Waals surface area contributed by atoms with Crippen LogP contribution in [0.2, 0.25) is 0 Å². The maximum atomic E-state index is 13.1. The predicted octanol–water partition coefficient (Wildman–Crippen LogP) is 7.59. The molecule has 0 amide bonds. The van der Waals surface area contributed by atoms with Crippen LogP contribution < -0.4 is 0 Å². The number of ether oxygens (including phenoxy) is 2. The first-order valence-electron chi connectivity index (χ1n) is 15.7. The molecule has 9 nitrogen and oxygen atoms in total. The number of fused-ring (bicyclic) bond motifs is 8. The first-order valence-corrected chi connectivity index (χ1v) is 17.0. The molecule has 47 heavy (non-hydrogen) atoms. The molecule has 0 saturated carbocycles. The fourth-order valence-corrected chi connectivity index (χ4v) is 6.33. The molecule has 0 aliphatic carbocycles. The quantitative estimate of drug-likeness (QED) is 0.260. The van der Waals surface area contributed by atoms with Gasteiger partial charge in [-0.1, -0.05) is 45.2 Å². The fourth-order valence-electron chi connectivity index (χ4n) is 6.04. The van der Waals surface area contributed by atoms with Gasteiger partial charge in [0.25, 0.3) is 0 Å². The molecule has 0 spiro atoms. The third-order valence-electron chi connectivity index (χ3n) is 8.82. The molecule has 0 radical (unpaired) electrons. The van der Waals surface area contributed by atoms with E-state index >= 15 is 0 Å². The second-order valence-electron chi connectivity index (χ2n) is 11.6. The van der Waals surface area contributed by atoms with Crippen molar-refractivity contribution in [3.63, 3.8) is 0 Å². The lowest BCUT2D eigenvalue weighted by Crippen LogP contribution is -2.12. The third kappa shape index (κ3) is 7.12. The molecule has 248 valence electrons. The Kier molecular flexibility index (Phi) is 11.3. The minimum atomic E-state index is -0.508. The second-order valence-corrected chi connectivity index (χ2v) is 12.5. The molecule has 5 rings (SSSR count). The summed E-state index contributed by atoms with van der Waals surface area (Å²) in [6.07, 6.45) is 5.66. The fraction of sp³-hybridized carbons (Fsp3) is 0.378. The van der Waals surface area contributed by atoms with Crippen LogP contribution in [0.1, 0.15) is 90.6 Å². The van der Waals surface area contributed by atoms with Crippen molar-refractivity contribution < 1.29 is 23.9 Å². The average molecular weight is 657 g/mol. The summed E-state index contributed by atoms with van der Waals surface area (Å²) in [5.41, 5.74) is 12.4. The number of carbonyl (C=O) groups is 3. The number of hydrogen-bond donors (Lipinski definition) is 2. The van der Waals surface area contributed by atoms with E-state index in [9.17, 15) is 14.4 Å². The molecular formula is C37H44N4O5S. The van der Waals surface area contributed by atoms with Gasteiger partial charge in [0.05, 0.1) is 37.6 Å². The number of aromatic nitrogens is 4. The van der Waals surface area contributed by atoms with Gasteiger partial charge in [-0.25, -0.2) is 9.78 Å². The maximum absolute atomic E-state index is 13.1. The summed E-state index contributed by atoms with van der Waals surface area (Å²) in [5.74, 6) is -0.858. The van der Waals surface area contributed by atoms with Crippen LogP contribution in [0, 0.1) is 13.8 Å². The lowest BCUT2D eigenvalue weighted by atomic mass is 9.97. The summed E-state index contributed by atoms with van der Waals surface area (Å²) in [6, 6.07) is 6.16. The van der Waals surface area contributed by atoms with Crippen molar-refractivity contribution in [1.82, 2.24) is 19.9 Å². The smallest absolute Gasteiger partial charge is 0.340 e. The van der Waals surface area contributed by atoms with Gasteiger partial charge >= 0.3 is 11.9 Å². The number of nitrogens with zero attached hydrogens (tertiary/aromatic N) is 2. The Morgan fingerprint density at radius 1 is 0.957 bits per heavy atom. The SMILES string of the molecule is C=Cc1c(C)c2cc3nc(c(CC(=O)OC)c4nc(cc5[nH]c(cc1[nH]2)c(C)c5CC)C(C)=C4C(=O)OC)CC3C.CCC(=O)SC.